The summed E-state index contributed by atoms with van der Waals surface area (Å²) in [7, 11) is 3.83. The normalized spacial score (nSPS) is 18.7. The van der Waals surface area contributed by atoms with Crippen LogP contribution in [0.3, 0.4) is 0 Å². The highest BCUT2D eigenvalue weighted by atomic mass is 16.4. The van der Waals surface area contributed by atoms with Crippen molar-refractivity contribution in [3.8, 4) is 0 Å². The third-order valence-corrected chi connectivity index (χ3v) is 3.93. The molecule has 1 aliphatic carbocycles. The summed E-state index contributed by atoms with van der Waals surface area (Å²) in [6, 6.07) is 5.58. The summed E-state index contributed by atoms with van der Waals surface area (Å²) in [5.74, 6) is -0.719. The van der Waals surface area contributed by atoms with Gasteiger partial charge in [-0.15, -0.1) is 0 Å². The van der Waals surface area contributed by atoms with Gasteiger partial charge in [0.15, 0.2) is 12.0 Å². The zero-order chi connectivity index (χ0) is 13.6. The zero-order valence-corrected chi connectivity index (χ0v) is 11.0. The van der Waals surface area contributed by atoms with Gasteiger partial charge in [0.2, 0.25) is 0 Å². The monoisotopic (exact) mass is 260 g/mol. The molecule has 19 heavy (non-hydrogen) atoms. The van der Waals surface area contributed by atoms with E-state index in [2.05, 4.69) is 4.98 Å². The summed E-state index contributed by atoms with van der Waals surface area (Å²) in [4.78, 5) is 17.6. The third kappa shape index (κ3) is 1.81. The number of fused-ring (bicyclic) bond motifs is 1. The van der Waals surface area contributed by atoms with E-state index in [4.69, 9.17) is 4.42 Å². The minimum atomic E-state index is -0.719. The summed E-state index contributed by atoms with van der Waals surface area (Å²) in [6.07, 6.45) is 2.85. The van der Waals surface area contributed by atoms with E-state index in [1.807, 2.05) is 37.2 Å². The second kappa shape index (κ2) is 4.06. The van der Waals surface area contributed by atoms with E-state index in [0.717, 1.165) is 23.9 Å². The van der Waals surface area contributed by atoms with Gasteiger partial charge < -0.3 is 14.4 Å². The second-order valence-corrected chi connectivity index (χ2v) is 5.41. The van der Waals surface area contributed by atoms with Crippen molar-refractivity contribution >= 4 is 17.1 Å². The van der Waals surface area contributed by atoms with Gasteiger partial charge in [0.05, 0.1) is 11.5 Å². The van der Waals surface area contributed by atoms with Crippen molar-refractivity contribution in [1.29, 1.82) is 0 Å². The number of rotatable bonds is 4. The van der Waals surface area contributed by atoms with Crippen LogP contribution >= 0.6 is 0 Å². The average molecular weight is 260 g/mol. The largest absolute Gasteiger partial charge is 0.481 e. The van der Waals surface area contributed by atoms with Crippen molar-refractivity contribution < 1.29 is 14.3 Å². The molecule has 1 unspecified atom stereocenters. The van der Waals surface area contributed by atoms with Crippen molar-refractivity contribution in [1.82, 2.24) is 9.88 Å². The number of benzene rings is 1. The molecule has 0 spiro atoms. The first kappa shape index (κ1) is 12.2. The Morgan fingerprint density at radius 1 is 1.47 bits per heavy atom. The molecule has 1 aliphatic rings. The molecule has 0 saturated heterocycles. The smallest absolute Gasteiger partial charge is 0.311 e. The van der Waals surface area contributed by atoms with Crippen LogP contribution in [0.5, 0.6) is 0 Å². The SMILES string of the molecule is CN(C)C(c1ccc2ncoc2c1)C1(C(=O)O)CC1. The highest BCUT2D eigenvalue weighted by Crippen LogP contribution is 2.57. The molecule has 1 N–H and O–H groups in total. The first-order valence-corrected chi connectivity index (χ1v) is 6.27. The number of oxazole rings is 1. The Balaban J connectivity index is 2.07. The Hall–Kier alpha value is -1.88. The molecule has 1 fully saturated rings. The Bertz CT molecular complexity index is 628. The number of aliphatic carboxylic acids is 1. The van der Waals surface area contributed by atoms with Crippen LogP contribution in [-0.2, 0) is 4.79 Å². The Labute approximate surface area is 110 Å². The molecule has 0 bridgehead atoms. The molecule has 1 aromatic carbocycles. The predicted molar refractivity (Wildman–Crippen MR) is 69.7 cm³/mol. The molecule has 0 aliphatic heterocycles. The minimum Gasteiger partial charge on any atom is -0.481 e. The number of nitrogens with zero attached hydrogens (tertiary/aromatic N) is 2. The van der Waals surface area contributed by atoms with E-state index < -0.39 is 11.4 Å². The van der Waals surface area contributed by atoms with Crippen molar-refractivity contribution in [3.63, 3.8) is 0 Å². The number of hydrogen-bond acceptors (Lipinski definition) is 4. The Morgan fingerprint density at radius 2 is 2.21 bits per heavy atom. The van der Waals surface area contributed by atoms with Crippen molar-refractivity contribution in [2.24, 2.45) is 5.41 Å². The molecule has 1 atom stereocenters. The molecule has 100 valence electrons. The Kier molecular flexibility index (Phi) is 2.60. The lowest BCUT2D eigenvalue weighted by Gasteiger charge is -2.30. The van der Waals surface area contributed by atoms with E-state index in [0.29, 0.717) is 5.58 Å². The number of hydrogen-bond donors (Lipinski definition) is 1. The predicted octanol–water partition coefficient (Wildman–Crippen LogP) is 2.30. The standard InChI is InChI=1S/C14H16N2O3/c1-16(2)12(14(5-6-14)13(17)18)9-3-4-10-11(7-9)19-8-15-10/h3-4,7-8,12H,5-6H2,1-2H3,(H,17,18). The van der Waals surface area contributed by atoms with Gasteiger partial charge in [0.1, 0.15) is 5.52 Å². The van der Waals surface area contributed by atoms with Crippen LogP contribution in [0.15, 0.2) is 29.0 Å². The van der Waals surface area contributed by atoms with Crippen LogP contribution in [0.2, 0.25) is 0 Å². The lowest BCUT2D eigenvalue weighted by atomic mass is 9.89. The number of carboxylic acids is 1. The van der Waals surface area contributed by atoms with E-state index in [-0.39, 0.29) is 6.04 Å². The topological polar surface area (TPSA) is 66.6 Å². The third-order valence-electron chi connectivity index (χ3n) is 3.93. The molecule has 2 aromatic rings. The summed E-state index contributed by atoms with van der Waals surface area (Å²) in [6.45, 7) is 0. The average Bonchev–Trinajstić information content (AvgIpc) is 3.01. The van der Waals surface area contributed by atoms with Crippen LogP contribution in [0.1, 0.15) is 24.4 Å². The molecule has 0 amide bonds. The maximum absolute atomic E-state index is 11.6. The van der Waals surface area contributed by atoms with Gasteiger partial charge in [0, 0.05) is 0 Å². The molecule has 3 rings (SSSR count). The second-order valence-electron chi connectivity index (χ2n) is 5.41. The summed E-state index contributed by atoms with van der Waals surface area (Å²) in [5, 5.41) is 9.50. The van der Waals surface area contributed by atoms with E-state index in [1.165, 1.54) is 6.39 Å². The quantitative estimate of drug-likeness (QED) is 0.913. The fourth-order valence-electron chi connectivity index (χ4n) is 2.89. The highest BCUT2D eigenvalue weighted by Gasteiger charge is 2.57. The minimum absolute atomic E-state index is 0.139. The fourth-order valence-corrected chi connectivity index (χ4v) is 2.89. The lowest BCUT2D eigenvalue weighted by Crippen LogP contribution is -2.33. The van der Waals surface area contributed by atoms with Crippen LogP contribution in [-0.4, -0.2) is 35.1 Å². The van der Waals surface area contributed by atoms with Crippen molar-refractivity contribution in [3.05, 3.63) is 30.2 Å². The summed E-state index contributed by atoms with van der Waals surface area (Å²) < 4.78 is 5.30. The molecular formula is C14H16N2O3. The first-order valence-electron chi connectivity index (χ1n) is 6.27. The van der Waals surface area contributed by atoms with E-state index >= 15 is 0 Å². The van der Waals surface area contributed by atoms with Gasteiger partial charge in [0.25, 0.3) is 0 Å². The van der Waals surface area contributed by atoms with Crippen LogP contribution in [0.4, 0.5) is 0 Å². The number of carbonyl (C=O) groups is 1. The van der Waals surface area contributed by atoms with Gasteiger partial charge in [-0.05, 0) is 44.6 Å². The maximum atomic E-state index is 11.6. The fraction of sp³-hybridized carbons (Fsp3) is 0.429. The highest BCUT2D eigenvalue weighted by molar-refractivity contribution is 5.80. The van der Waals surface area contributed by atoms with Gasteiger partial charge in [-0.1, -0.05) is 6.07 Å². The molecule has 0 radical (unpaired) electrons. The molecule has 1 heterocycles. The van der Waals surface area contributed by atoms with Crippen LogP contribution in [0, 0.1) is 5.41 Å². The van der Waals surface area contributed by atoms with Gasteiger partial charge >= 0.3 is 5.97 Å². The first-order chi connectivity index (χ1) is 9.04. The zero-order valence-electron chi connectivity index (χ0n) is 11.0. The van der Waals surface area contributed by atoms with Gasteiger partial charge in [-0.3, -0.25) is 4.79 Å². The number of aromatic nitrogens is 1. The van der Waals surface area contributed by atoms with Crippen molar-refractivity contribution in [2.45, 2.75) is 18.9 Å². The van der Waals surface area contributed by atoms with E-state index in [9.17, 15) is 9.90 Å². The van der Waals surface area contributed by atoms with E-state index in [1.54, 1.807) is 0 Å². The van der Waals surface area contributed by atoms with Gasteiger partial charge in [-0.2, -0.15) is 0 Å². The molecule has 5 nitrogen and oxygen atoms in total. The molecular weight excluding hydrogens is 244 g/mol. The summed E-state index contributed by atoms with van der Waals surface area (Å²) >= 11 is 0. The number of carboxylic acid groups (broad SMARTS) is 1. The van der Waals surface area contributed by atoms with Gasteiger partial charge in [-0.25, -0.2) is 4.98 Å². The molecule has 1 saturated carbocycles. The van der Waals surface area contributed by atoms with Crippen LogP contribution in [0.25, 0.3) is 11.1 Å². The van der Waals surface area contributed by atoms with Crippen molar-refractivity contribution in [2.75, 3.05) is 14.1 Å². The maximum Gasteiger partial charge on any atom is 0.311 e. The Morgan fingerprint density at radius 3 is 2.79 bits per heavy atom. The summed E-state index contributed by atoms with van der Waals surface area (Å²) in [5.41, 5.74) is 1.80. The molecule has 5 heteroatoms. The molecule has 1 aromatic heterocycles. The lowest BCUT2D eigenvalue weighted by molar-refractivity contribution is -0.146. The van der Waals surface area contributed by atoms with Crippen LogP contribution < -0.4 is 0 Å².